The largest absolute Gasteiger partial charge is 0.275 e. The molecule has 5 heteroatoms. The molecule has 2 heterocycles. The van der Waals surface area contributed by atoms with E-state index in [1.54, 1.807) is 12.3 Å². The van der Waals surface area contributed by atoms with Crippen molar-refractivity contribution in [3.05, 3.63) is 42.6 Å². The summed E-state index contributed by atoms with van der Waals surface area (Å²) < 4.78 is 13.1. The minimum Gasteiger partial charge on any atom is -0.275 e. The molecule has 0 aliphatic rings. The van der Waals surface area contributed by atoms with Crippen LogP contribution in [0.1, 0.15) is 0 Å². The molecule has 0 atom stereocenters. The van der Waals surface area contributed by atoms with Gasteiger partial charge in [-0.15, -0.1) is 0 Å². The van der Waals surface area contributed by atoms with Crippen molar-refractivity contribution in [2.75, 3.05) is 0 Å². The van der Waals surface area contributed by atoms with Gasteiger partial charge in [0.2, 0.25) is 0 Å². The summed E-state index contributed by atoms with van der Waals surface area (Å²) in [6.07, 6.45) is 3.09. The molecule has 0 saturated heterocycles. The molecule has 0 aliphatic heterocycles. The zero-order valence-electron chi connectivity index (χ0n) is 8.18. The van der Waals surface area contributed by atoms with E-state index in [-0.39, 0.29) is 5.82 Å². The fourth-order valence-electron chi connectivity index (χ4n) is 1.62. The van der Waals surface area contributed by atoms with Gasteiger partial charge < -0.3 is 0 Å². The van der Waals surface area contributed by atoms with Crippen LogP contribution < -0.4 is 0 Å². The lowest BCUT2D eigenvalue weighted by Crippen LogP contribution is -1.81. The third kappa shape index (κ3) is 1.33. The molecule has 0 aliphatic carbocycles. The molecular weight excluding hydrogens is 207 g/mol. The van der Waals surface area contributed by atoms with Crippen molar-refractivity contribution in [1.29, 1.82) is 0 Å². The van der Waals surface area contributed by atoms with Gasteiger partial charge in [-0.3, -0.25) is 5.10 Å². The molecule has 0 spiro atoms. The first-order valence-electron chi connectivity index (χ1n) is 4.74. The smallest absolute Gasteiger partial charge is 0.184 e. The van der Waals surface area contributed by atoms with Gasteiger partial charge in [0.05, 0.1) is 11.1 Å². The number of aromatic nitrogens is 4. The molecule has 0 amide bonds. The molecule has 3 aromatic rings. The highest BCUT2D eigenvalue weighted by molar-refractivity contribution is 5.89. The molecule has 0 radical (unpaired) electrons. The topological polar surface area (TPSA) is 54.5 Å². The molecule has 2 aromatic heterocycles. The second-order valence-electron chi connectivity index (χ2n) is 3.37. The summed E-state index contributed by atoms with van der Waals surface area (Å²) in [6.45, 7) is 0. The van der Waals surface area contributed by atoms with Gasteiger partial charge in [-0.2, -0.15) is 5.10 Å². The van der Waals surface area contributed by atoms with Gasteiger partial charge in [0, 0.05) is 11.8 Å². The summed E-state index contributed by atoms with van der Waals surface area (Å²) in [7, 11) is 0. The van der Waals surface area contributed by atoms with Crippen LogP contribution in [0.15, 0.2) is 36.8 Å². The fraction of sp³-hybridized carbons (Fsp3) is 0. The van der Waals surface area contributed by atoms with Gasteiger partial charge in [-0.1, -0.05) is 12.1 Å². The van der Waals surface area contributed by atoms with Crippen molar-refractivity contribution in [2.24, 2.45) is 0 Å². The van der Waals surface area contributed by atoms with Crippen LogP contribution in [0.4, 0.5) is 4.39 Å². The Bertz CT molecular complexity index is 647. The van der Waals surface area contributed by atoms with E-state index < -0.39 is 0 Å². The first-order chi connectivity index (χ1) is 7.84. The molecule has 4 nitrogen and oxygen atoms in total. The van der Waals surface area contributed by atoms with Crippen LogP contribution in [0.2, 0.25) is 0 Å². The third-order valence-electron chi connectivity index (χ3n) is 2.35. The third-order valence-corrected chi connectivity index (χ3v) is 2.35. The van der Waals surface area contributed by atoms with Gasteiger partial charge in [-0.05, 0) is 12.1 Å². The molecule has 0 saturated carbocycles. The van der Waals surface area contributed by atoms with Gasteiger partial charge >= 0.3 is 0 Å². The summed E-state index contributed by atoms with van der Waals surface area (Å²) >= 11 is 0. The maximum atomic E-state index is 13.1. The maximum Gasteiger partial charge on any atom is 0.184 e. The lowest BCUT2D eigenvalue weighted by Gasteiger charge is -1.97. The lowest BCUT2D eigenvalue weighted by atomic mass is 10.1. The number of benzene rings is 1. The molecule has 1 aromatic carbocycles. The first kappa shape index (κ1) is 8.96. The number of hydrogen-bond acceptors (Lipinski definition) is 3. The first-order valence-corrected chi connectivity index (χ1v) is 4.74. The van der Waals surface area contributed by atoms with E-state index in [0.717, 1.165) is 16.6 Å². The van der Waals surface area contributed by atoms with Crippen molar-refractivity contribution in [3.63, 3.8) is 0 Å². The predicted molar refractivity (Wildman–Crippen MR) is 57.1 cm³/mol. The summed E-state index contributed by atoms with van der Waals surface area (Å²) in [5.41, 5.74) is 2.04. The quantitative estimate of drug-likeness (QED) is 0.675. The number of nitrogens with one attached hydrogen (secondary N) is 1. The number of fused-ring (bicyclic) bond motifs is 1. The number of aromatic amines is 1. The van der Waals surface area contributed by atoms with Gasteiger partial charge in [0.25, 0.3) is 0 Å². The normalized spacial score (nSPS) is 10.8. The van der Waals surface area contributed by atoms with Crippen molar-refractivity contribution in [1.82, 2.24) is 20.2 Å². The van der Waals surface area contributed by atoms with E-state index in [2.05, 4.69) is 20.2 Å². The number of halogens is 1. The zero-order chi connectivity index (χ0) is 11.0. The Hall–Kier alpha value is -2.30. The fourth-order valence-corrected chi connectivity index (χ4v) is 1.62. The van der Waals surface area contributed by atoms with Gasteiger partial charge in [-0.25, -0.2) is 14.4 Å². The molecule has 16 heavy (non-hydrogen) atoms. The maximum absolute atomic E-state index is 13.1. The number of H-pyrrole nitrogens is 1. The summed E-state index contributed by atoms with van der Waals surface area (Å²) in [6, 6.07) is 6.31. The molecule has 3 rings (SSSR count). The Morgan fingerprint density at radius 3 is 3.06 bits per heavy atom. The standard InChI is InChI=1S/C11H7FN4/c12-8-3-1-2-7(4-8)10-9-5-13-6-14-11(9)16-15-10/h1-6H,(H,13,14,15,16). The average molecular weight is 214 g/mol. The molecule has 0 unspecified atom stereocenters. The lowest BCUT2D eigenvalue weighted by molar-refractivity contribution is 0.628. The minimum absolute atomic E-state index is 0.280. The van der Waals surface area contributed by atoms with Crippen LogP contribution in [-0.2, 0) is 0 Å². The van der Waals surface area contributed by atoms with Crippen LogP contribution in [-0.4, -0.2) is 20.2 Å². The monoisotopic (exact) mass is 214 g/mol. The Labute approximate surface area is 90.2 Å². The van der Waals surface area contributed by atoms with Crippen LogP contribution in [0.25, 0.3) is 22.3 Å². The average Bonchev–Trinajstić information content (AvgIpc) is 2.72. The minimum atomic E-state index is -0.280. The molecule has 1 N–H and O–H groups in total. The number of nitrogens with zero attached hydrogens (tertiary/aromatic N) is 3. The number of hydrogen-bond donors (Lipinski definition) is 1. The van der Waals surface area contributed by atoms with Crippen LogP contribution >= 0.6 is 0 Å². The second-order valence-corrected chi connectivity index (χ2v) is 3.37. The zero-order valence-corrected chi connectivity index (χ0v) is 8.18. The van der Waals surface area contributed by atoms with Crippen molar-refractivity contribution < 1.29 is 4.39 Å². The Kier molecular flexibility index (Phi) is 1.89. The highest BCUT2D eigenvalue weighted by Crippen LogP contribution is 2.24. The summed E-state index contributed by atoms with van der Waals surface area (Å²) in [5, 5.41) is 7.65. The van der Waals surface area contributed by atoms with Crippen LogP contribution in [0.3, 0.4) is 0 Å². The van der Waals surface area contributed by atoms with Crippen molar-refractivity contribution >= 4 is 11.0 Å². The van der Waals surface area contributed by atoms with Gasteiger partial charge in [0.15, 0.2) is 5.65 Å². The molecule has 78 valence electrons. The molecule has 0 fully saturated rings. The van der Waals surface area contributed by atoms with Crippen molar-refractivity contribution in [2.45, 2.75) is 0 Å². The Morgan fingerprint density at radius 1 is 1.25 bits per heavy atom. The predicted octanol–water partition coefficient (Wildman–Crippen LogP) is 2.16. The second kappa shape index (κ2) is 3.37. The van der Waals surface area contributed by atoms with Gasteiger partial charge in [0.1, 0.15) is 12.1 Å². The van der Waals surface area contributed by atoms with Crippen LogP contribution in [0, 0.1) is 5.82 Å². The SMILES string of the molecule is Fc1cccc(-c2[nH]nc3ncncc23)c1. The Balaban J connectivity index is 2.26. The summed E-state index contributed by atoms with van der Waals surface area (Å²) in [4.78, 5) is 7.93. The van der Waals surface area contributed by atoms with E-state index in [4.69, 9.17) is 0 Å². The summed E-state index contributed by atoms with van der Waals surface area (Å²) in [5.74, 6) is -0.280. The number of rotatable bonds is 1. The highest BCUT2D eigenvalue weighted by atomic mass is 19.1. The Morgan fingerprint density at radius 2 is 2.19 bits per heavy atom. The van der Waals surface area contributed by atoms with Crippen LogP contribution in [0.5, 0.6) is 0 Å². The van der Waals surface area contributed by atoms with E-state index in [0.29, 0.717) is 5.65 Å². The van der Waals surface area contributed by atoms with E-state index >= 15 is 0 Å². The van der Waals surface area contributed by atoms with E-state index in [9.17, 15) is 4.39 Å². The van der Waals surface area contributed by atoms with E-state index in [1.807, 2.05) is 6.07 Å². The molecular formula is C11H7FN4. The highest BCUT2D eigenvalue weighted by Gasteiger charge is 2.08. The van der Waals surface area contributed by atoms with E-state index in [1.165, 1.54) is 18.5 Å². The van der Waals surface area contributed by atoms with Crippen molar-refractivity contribution in [3.8, 4) is 11.3 Å². The molecule has 0 bridgehead atoms.